The molecule has 0 unspecified atom stereocenters. The number of amides is 1. The quantitative estimate of drug-likeness (QED) is 0.501. The van der Waals surface area contributed by atoms with E-state index < -0.39 is 12.0 Å². The molecule has 2 aromatic heterocycles. The number of imidazole rings is 1. The predicted molar refractivity (Wildman–Crippen MR) is 117 cm³/mol. The van der Waals surface area contributed by atoms with Gasteiger partial charge in [-0.15, -0.1) is 0 Å². The number of rotatable bonds is 4. The fourth-order valence-corrected chi connectivity index (χ4v) is 4.49. The summed E-state index contributed by atoms with van der Waals surface area (Å²) in [5.41, 5.74) is 13.6. The first-order valence-electron chi connectivity index (χ1n) is 9.89. The van der Waals surface area contributed by atoms with Gasteiger partial charge in [0.15, 0.2) is 11.2 Å². The van der Waals surface area contributed by atoms with Crippen molar-refractivity contribution in [3.63, 3.8) is 0 Å². The molecule has 2 aromatic carbocycles. The third-order valence-corrected chi connectivity index (χ3v) is 6.16. The summed E-state index contributed by atoms with van der Waals surface area (Å²) in [5, 5.41) is 0.315. The number of aryl methyl sites for hydroxylation is 1. The van der Waals surface area contributed by atoms with Crippen LogP contribution in [0, 0.1) is 5.82 Å². The molecule has 0 saturated carbocycles. The first-order valence-corrected chi connectivity index (χ1v) is 10.7. The maximum absolute atomic E-state index is 14.7. The molecule has 0 radical (unpaired) electrons. The first kappa shape index (κ1) is 19.6. The van der Waals surface area contributed by atoms with Crippen LogP contribution in [0.5, 0.6) is 11.5 Å². The number of halogens is 1. The molecule has 4 aromatic rings. The van der Waals surface area contributed by atoms with Crippen LogP contribution in [0.15, 0.2) is 24.3 Å². The average Bonchev–Trinajstić information content (AvgIpc) is 3.25. The minimum Gasteiger partial charge on any atom is -0.491 e. The minimum absolute atomic E-state index is 0.315. The number of ether oxygens (including phenoxy) is 2. The third-order valence-electron chi connectivity index (χ3n) is 5.25. The van der Waals surface area contributed by atoms with E-state index in [1.54, 1.807) is 25.1 Å². The van der Waals surface area contributed by atoms with E-state index >= 15 is 0 Å². The van der Waals surface area contributed by atoms with Crippen molar-refractivity contribution in [2.75, 3.05) is 12.3 Å². The van der Waals surface area contributed by atoms with Gasteiger partial charge in [-0.05, 0) is 31.9 Å². The summed E-state index contributed by atoms with van der Waals surface area (Å²) >= 11 is 1.12. The molecule has 1 atom stereocenters. The number of carbonyl (C=O) groups excluding carboxylic acids is 1. The summed E-state index contributed by atoms with van der Waals surface area (Å²) in [5.74, 6) is 0.681. The van der Waals surface area contributed by atoms with Gasteiger partial charge in [0.2, 0.25) is 0 Å². The van der Waals surface area contributed by atoms with Crippen LogP contribution >= 0.6 is 11.3 Å². The van der Waals surface area contributed by atoms with Crippen LogP contribution in [0.2, 0.25) is 0 Å². The molecule has 5 rings (SSSR count). The van der Waals surface area contributed by atoms with E-state index in [1.807, 2.05) is 4.57 Å². The number of nitrogen functional groups attached to an aromatic ring is 1. The van der Waals surface area contributed by atoms with Gasteiger partial charge in [0.1, 0.15) is 28.7 Å². The standard InChI is InChI=1S/C21H20FN5O3S/c1-10(19(23)28)30-12-8-14-17-16(9-12)29-5-3-2-4-27(17)20(25-14)11-6-13(22)18-15(7-11)26-21(24)31-18/h6-10H,2-5H2,1H3,(H2,23,28)(H2,24,26)/t10-/m0/s1. The first-order chi connectivity index (χ1) is 14.9. The average molecular weight is 441 g/mol. The van der Waals surface area contributed by atoms with E-state index in [0.717, 1.165) is 29.7 Å². The van der Waals surface area contributed by atoms with Gasteiger partial charge in [-0.2, -0.15) is 0 Å². The Balaban J connectivity index is 1.70. The van der Waals surface area contributed by atoms with Crippen molar-refractivity contribution >= 4 is 43.6 Å². The van der Waals surface area contributed by atoms with Crippen LogP contribution in [0.25, 0.3) is 32.6 Å². The van der Waals surface area contributed by atoms with Crippen molar-refractivity contribution < 1.29 is 18.7 Å². The maximum atomic E-state index is 14.7. The SMILES string of the molecule is C[C@H](Oc1cc2c3c(c1)nc(-c1cc(F)c4sc(N)nc4c1)n3CCCCO2)C(N)=O. The summed E-state index contributed by atoms with van der Waals surface area (Å²) in [6.07, 6.45) is 0.951. The number of hydrogen-bond acceptors (Lipinski definition) is 7. The van der Waals surface area contributed by atoms with Crippen LogP contribution in [0.3, 0.4) is 0 Å². The van der Waals surface area contributed by atoms with Crippen molar-refractivity contribution in [1.82, 2.24) is 14.5 Å². The second kappa shape index (κ2) is 7.38. The molecular formula is C21H20FN5O3S. The Morgan fingerprint density at radius 2 is 2.10 bits per heavy atom. The van der Waals surface area contributed by atoms with E-state index in [4.69, 9.17) is 25.9 Å². The maximum Gasteiger partial charge on any atom is 0.258 e. The van der Waals surface area contributed by atoms with Crippen LogP contribution < -0.4 is 20.9 Å². The number of aromatic nitrogens is 3. The van der Waals surface area contributed by atoms with E-state index in [9.17, 15) is 9.18 Å². The Hall–Kier alpha value is -3.40. The molecule has 31 heavy (non-hydrogen) atoms. The molecule has 1 aliphatic heterocycles. The van der Waals surface area contributed by atoms with Gasteiger partial charge in [0.25, 0.3) is 5.91 Å². The highest BCUT2D eigenvalue weighted by Crippen LogP contribution is 2.38. The molecule has 0 aliphatic carbocycles. The lowest BCUT2D eigenvalue weighted by Gasteiger charge is -2.18. The Bertz CT molecular complexity index is 1330. The van der Waals surface area contributed by atoms with Gasteiger partial charge in [-0.3, -0.25) is 4.79 Å². The minimum atomic E-state index is -0.800. The molecule has 0 fully saturated rings. The molecule has 8 nitrogen and oxygen atoms in total. The molecule has 160 valence electrons. The monoisotopic (exact) mass is 441 g/mol. The number of fused-ring (bicyclic) bond motifs is 1. The van der Waals surface area contributed by atoms with Gasteiger partial charge in [0, 0.05) is 24.2 Å². The normalized spacial score (nSPS) is 14.8. The summed E-state index contributed by atoms with van der Waals surface area (Å²) in [4.78, 5) is 20.4. The molecule has 1 amide bonds. The number of benzene rings is 2. The molecule has 3 heterocycles. The lowest BCUT2D eigenvalue weighted by molar-refractivity contribution is -0.123. The number of anilines is 1. The van der Waals surface area contributed by atoms with Gasteiger partial charge < -0.3 is 25.5 Å². The van der Waals surface area contributed by atoms with Crippen molar-refractivity contribution in [3.8, 4) is 22.9 Å². The second-order valence-corrected chi connectivity index (χ2v) is 8.48. The number of nitrogens with zero attached hydrogens (tertiary/aromatic N) is 3. The second-order valence-electron chi connectivity index (χ2n) is 7.45. The Labute approximate surface area is 180 Å². The molecule has 4 N–H and O–H groups in total. The number of nitrogens with two attached hydrogens (primary N) is 2. The fourth-order valence-electron chi connectivity index (χ4n) is 3.78. The number of primary amides is 1. The molecule has 10 heteroatoms. The Kier molecular flexibility index (Phi) is 4.66. The van der Waals surface area contributed by atoms with Gasteiger partial charge in [-0.25, -0.2) is 14.4 Å². The summed E-state index contributed by atoms with van der Waals surface area (Å²) in [6, 6.07) is 6.72. The van der Waals surface area contributed by atoms with Crippen molar-refractivity contribution in [1.29, 1.82) is 0 Å². The zero-order valence-corrected chi connectivity index (χ0v) is 17.5. The topological polar surface area (TPSA) is 118 Å². The molecular weight excluding hydrogens is 421 g/mol. The van der Waals surface area contributed by atoms with Crippen LogP contribution in [0.1, 0.15) is 19.8 Å². The number of hydrogen-bond donors (Lipinski definition) is 2. The molecule has 0 saturated heterocycles. The third kappa shape index (κ3) is 3.42. The molecule has 1 aliphatic rings. The number of thiazole rings is 1. The van der Waals surface area contributed by atoms with Crippen LogP contribution in [-0.2, 0) is 11.3 Å². The highest BCUT2D eigenvalue weighted by molar-refractivity contribution is 7.22. The van der Waals surface area contributed by atoms with Crippen molar-refractivity contribution in [3.05, 3.63) is 30.1 Å². The van der Waals surface area contributed by atoms with E-state index in [1.165, 1.54) is 6.07 Å². The summed E-state index contributed by atoms with van der Waals surface area (Å²) in [7, 11) is 0. The predicted octanol–water partition coefficient (Wildman–Crippen LogP) is 3.46. The highest BCUT2D eigenvalue weighted by atomic mass is 32.1. The van der Waals surface area contributed by atoms with E-state index in [2.05, 4.69) is 4.98 Å². The zero-order chi connectivity index (χ0) is 21.7. The van der Waals surface area contributed by atoms with Crippen molar-refractivity contribution in [2.24, 2.45) is 5.73 Å². The van der Waals surface area contributed by atoms with Crippen LogP contribution in [0.4, 0.5) is 9.52 Å². The largest absolute Gasteiger partial charge is 0.491 e. The zero-order valence-electron chi connectivity index (χ0n) is 16.7. The van der Waals surface area contributed by atoms with E-state index in [-0.39, 0.29) is 5.82 Å². The van der Waals surface area contributed by atoms with E-state index in [0.29, 0.717) is 56.9 Å². The summed E-state index contributed by atoms with van der Waals surface area (Å²) in [6.45, 7) is 2.85. The van der Waals surface area contributed by atoms with Gasteiger partial charge in [0.05, 0.1) is 22.3 Å². The molecule has 0 bridgehead atoms. The molecule has 0 spiro atoms. The highest BCUT2D eigenvalue weighted by Gasteiger charge is 2.22. The summed E-state index contributed by atoms with van der Waals surface area (Å²) < 4.78 is 28.8. The van der Waals surface area contributed by atoms with Crippen LogP contribution in [-0.4, -0.2) is 33.2 Å². The fraction of sp³-hybridized carbons (Fsp3) is 0.286. The van der Waals surface area contributed by atoms with Crippen molar-refractivity contribution in [2.45, 2.75) is 32.4 Å². The lowest BCUT2D eigenvalue weighted by Crippen LogP contribution is -2.30. The Morgan fingerprint density at radius 1 is 1.26 bits per heavy atom. The van der Waals surface area contributed by atoms with Gasteiger partial charge >= 0.3 is 0 Å². The smallest absolute Gasteiger partial charge is 0.258 e. The lowest BCUT2D eigenvalue weighted by atomic mass is 10.2. The Morgan fingerprint density at radius 3 is 2.90 bits per heavy atom. The van der Waals surface area contributed by atoms with Gasteiger partial charge in [-0.1, -0.05) is 11.3 Å². The number of carbonyl (C=O) groups is 1.